The molecule has 0 aliphatic rings. The molecule has 0 amide bonds. The van der Waals surface area contributed by atoms with Crippen molar-refractivity contribution in [3.63, 3.8) is 0 Å². The first-order valence-electron chi connectivity index (χ1n) is 7.94. The molecule has 2 atom stereocenters. The van der Waals surface area contributed by atoms with Crippen LogP contribution in [0.2, 0.25) is 0 Å². The van der Waals surface area contributed by atoms with Crippen molar-refractivity contribution >= 4 is 17.9 Å². The Morgan fingerprint density at radius 3 is 2.08 bits per heavy atom. The van der Waals surface area contributed by atoms with Crippen LogP contribution in [0.15, 0.2) is 23.3 Å². The first kappa shape index (κ1) is 25.6. The molecule has 150 valence electrons. The summed E-state index contributed by atoms with van der Waals surface area (Å²) in [4.78, 5) is 23.9. The van der Waals surface area contributed by atoms with Crippen molar-refractivity contribution in [3.05, 3.63) is 18.9 Å². The summed E-state index contributed by atoms with van der Waals surface area (Å²) in [5.74, 6) is -1.67. The first-order valence-corrected chi connectivity index (χ1v) is 7.94. The molecule has 10 N–H and O–H groups in total. The molecule has 11 heteroatoms. The van der Waals surface area contributed by atoms with Gasteiger partial charge in [-0.3, -0.25) is 15.0 Å². The molecule has 1 aromatic rings. The second-order valence-corrected chi connectivity index (χ2v) is 5.68. The molecule has 0 aliphatic heterocycles. The summed E-state index contributed by atoms with van der Waals surface area (Å²) in [5.41, 5.74) is 15.4. The average molecular weight is 374 g/mol. The summed E-state index contributed by atoms with van der Waals surface area (Å²) in [7, 11) is 0. The number of aromatic nitrogens is 1. The van der Waals surface area contributed by atoms with Gasteiger partial charge in [0.2, 0.25) is 0 Å². The lowest BCUT2D eigenvalue weighted by Gasteiger charge is -2.07. The molecule has 0 bridgehead atoms. The molecule has 1 aromatic heterocycles. The predicted molar refractivity (Wildman–Crippen MR) is 96.3 cm³/mol. The number of nitrogens with two attached hydrogens (primary N) is 3. The molecule has 0 unspecified atom stereocenters. The van der Waals surface area contributed by atoms with Gasteiger partial charge in [0, 0.05) is 6.54 Å². The maximum Gasteiger partial charge on any atom is 0.320 e. The van der Waals surface area contributed by atoms with Crippen LogP contribution in [0, 0.1) is 11.3 Å². The molecule has 0 saturated heterocycles. The number of carboxylic acid groups (broad SMARTS) is 2. The fraction of sp³-hybridized carbons (Fsp3) is 0.600. The van der Waals surface area contributed by atoms with E-state index in [-0.39, 0.29) is 5.96 Å². The van der Waals surface area contributed by atoms with Crippen LogP contribution in [0.25, 0.3) is 0 Å². The van der Waals surface area contributed by atoms with E-state index in [0.717, 1.165) is 0 Å². The minimum Gasteiger partial charge on any atom is -0.480 e. The van der Waals surface area contributed by atoms with Crippen LogP contribution in [-0.4, -0.2) is 51.7 Å². The highest BCUT2D eigenvalue weighted by Gasteiger charge is 2.12. The van der Waals surface area contributed by atoms with Crippen molar-refractivity contribution in [2.24, 2.45) is 23.1 Å². The van der Waals surface area contributed by atoms with Crippen LogP contribution < -0.4 is 22.5 Å². The molecule has 0 radical (unpaired) electrons. The number of carbonyl (C=O) groups is 2. The number of oxazole rings is 1. The van der Waals surface area contributed by atoms with Crippen molar-refractivity contribution in [1.29, 1.82) is 5.41 Å². The third kappa shape index (κ3) is 19.4. The Balaban J connectivity index is 0. The standard InChI is InChI=1S/C6H14N4O2.C6H13NO2.C3H3NO/c7-4(5(11)12)2-1-3-10-6(8)9;1-4(2)3-5(7)6(8)9;1-2-5-3-4-1/h4H,1-3,7H2,(H,11,12)(H4,8,9,10);4-5H,3,7H2,1-2H3,(H,8,9);1-3H/t4-;5-;/m00./s1. The highest BCUT2D eigenvalue weighted by Crippen LogP contribution is 2.01. The highest BCUT2D eigenvalue weighted by atomic mass is 16.4. The van der Waals surface area contributed by atoms with Gasteiger partial charge in [-0.2, -0.15) is 0 Å². The van der Waals surface area contributed by atoms with Gasteiger partial charge in [0.05, 0.1) is 6.20 Å². The number of hydrogen-bond donors (Lipinski definition) is 7. The van der Waals surface area contributed by atoms with Crippen LogP contribution in [-0.2, 0) is 9.59 Å². The Morgan fingerprint density at radius 2 is 1.81 bits per heavy atom. The molecular formula is C15H30N6O5. The fourth-order valence-electron chi connectivity index (χ4n) is 1.45. The summed E-state index contributed by atoms with van der Waals surface area (Å²) >= 11 is 0. The SMILES string of the molecule is CC(C)C[C@H](N)C(=O)O.N=C(N)NCCC[C@H](N)C(=O)O.c1cocn1. The van der Waals surface area contributed by atoms with Crippen LogP contribution in [0.1, 0.15) is 33.1 Å². The van der Waals surface area contributed by atoms with Crippen LogP contribution in [0.4, 0.5) is 0 Å². The number of aliphatic carboxylic acids is 2. The molecule has 11 nitrogen and oxygen atoms in total. The molecule has 0 saturated carbocycles. The fourth-order valence-corrected chi connectivity index (χ4v) is 1.45. The number of nitrogens with zero attached hydrogens (tertiary/aromatic N) is 1. The van der Waals surface area contributed by atoms with Crippen molar-refractivity contribution < 1.29 is 24.2 Å². The molecule has 0 spiro atoms. The zero-order valence-corrected chi connectivity index (χ0v) is 15.1. The Hall–Kier alpha value is -2.66. The number of carboxylic acids is 2. The van der Waals surface area contributed by atoms with Gasteiger partial charge < -0.3 is 37.1 Å². The molecule has 0 aromatic carbocycles. The van der Waals surface area contributed by atoms with Gasteiger partial charge in [0.1, 0.15) is 18.3 Å². The van der Waals surface area contributed by atoms with E-state index in [1.165, 1.54) is 12.7 Å². The summed E-state index contributed by atoms with van der Waals surface area (Å²) in [5, 5.41) is 26.0. The smallest absolute Gasteiger partial charge is 0.320 e. The van der Waals surface area contributed by atoms with Gasteiger partial charge in [-0.1, -0.05) is 13.8 Å². The van der Waals surface area contributed by atoms with E-state index in [1.54, 1.807) is 6.20 Å². The summed E-state index contributed by atoms with van der Waals surface area (Å²) in [6, 6.07) is -1.51. The zero-order valence-electron chi connectivity index (χ0n) is 15.1. The predicted octanol–water partition coefficient (Wildman–Crippen LogP) is -0.219. The molecule has 0 fully saturated rings. The van der Waals surface area contributed by atoms with Crippen molar-refractivity contribution in [2.75, 3.05) is 6.54 Å². The summed E-state index contributed by atoms with van der Waals surface area (Å²) in [6.45, 7) is 4.38. The molecule has 0 aliphatic carbocycles. The van der Waals surface area contributed by atoms with Gasteiger partial charge in [0.15, 0.2) is 12.4 Å². The van der Waals surface area contributed by atoms with Gasteiger partial charge in [-0.05, 0) is 25.2 Å². The van der Waals surface area contributed by atoms with E-state index in [4.69, 9.17) is 32.8 Å². The summed E-state index contributed by atoms with van der Waals surface area (Å²) < 4.78 is 4.47. The molecule has 1 rings (SSSR count). The van der Waals surface area contributed by atoms with E-state index in [0.29, 0.717) is 31.7 Å². The highest BCUT2D eigenvalue weighted by molar-refractivity contribution is 5.74. The van der Waals surface area contributed by atoms with E-state index in [2.05, 4.69) is 14.7 Å². The first-order chi connectivity index (χ1) is 12.1. The monoisotopic (exact) mass is 374 g/mol. The Bertz CT molecular complexity index is 478. The van der Waals surface area contributed by atoms with E-state index < -0.39 is 24.0 Å². The van der Waals surface area contributed by atoms with E-state index in [1.807, 2.05) is 13.8 Å². The lowest BCUT2D eigenvalue weighted by atomic mass is 10.1. The zero-order chi connectivity index (χ0) is 20.5. The van der Waals surface area contributed by atoms with Crippen LogP contribution in [0.5, 0.6) is 0 Å². The number of guanidine groups is 1. The largest absolute Gasteiger partial charge is 0.480 e. The van der Waals surface area contributed by atoms with Gasteiger partial charge in [-0.25, -0.2) is 4.98 Å². The Morgan fingerprint density at radius 1 is 1.23 bits per heavy atom. The second kappa shape index (κ2) is 15.8. The third-order valence-electron chi connectivity index (χ3n) is 2.71. The Labute approximate surface area is 152 Å². The van der Waals surface area contributed by atoms with Crippen molar-refractivity contribution in [1.82, 2.24) is 10.3 Å². The van der Waals surface area contributed by atoms with Crippen molar-refractivity contribution in [3.8, 4) is 0 Å². The minimum absolute atomic E-state index is 0.112. The molecule has 1 heterocycles. The van der Waals surface area contributed by atoms with Gasteiger partial charge in [0.25, 0.3) is 0 Å². The van der Waals surface area contributed by atoms with E-state index >= 15 is 0 Å². The van der Waals surface area contributed by atoms with Gasteiger partial charge in [-0.15, -0.1) is 0 Å². The maximum absolute atomic E-state index is 10.2. The lowest BCUT2D eigenvalue weighted by Crippen LogP contribution is -2.34. The number of hydrogen-bond acceptors (Lipinski definition) is 7. The molecule has 26 heavy (non-hydrogen) atoms. The lowest BCUT2D eigenvalue weighted by molar-refractivity contribution is -0.139. The third-order valence-corrected chi connectivity index (χ3v) is 2.71. The molecular weight excluding hydrogens is 344 g/mol. The van der Waals surface area contributed by atoms with Crippen molar-refractivity contribution in [2.45, 2.75) is 45.2 Å². The number of nitrogens with one attached hydrogen (secondary N) is 2. The quantitative estimate of drug-likeness (QED) is 0.180. The number of rotatable bonds is 8. The van der Waals surface area contributed by atoms with Gasteiger partial charge >= 0.3 is 11.9 Å². The van der Waals surface area contributed by atoms with E-state index in [9.17, 15) is 9.59 Å². The van der Waals surface area contributed by atoms with Crippen LogP contribution in [0.3, 0.4) is 0 Å². The normalized spacial score (nSPS) is 11.9. The average Bonchev–Trinajstić information content (AvgIpc) is 3.10. The minimum atomic E-state index is -1.00. The summed E-state index contributed by atoms with van der Waals surface area (Å²) in [6.07, 6.45) is 6.00. The Kier molecular flexibility index (Phi) is 15.6. The second-order valence-electron chi connectivity index (χ2n) is 5.68. The van der Waals surface area contributed by atoms with Crippen LogP contribution >= 0.6 is 0 Å². The maximum atomic E-state index is 10.2. The topological polar surface area (TPSA) is 215 Å².